The fourth-order valence-electron chi connectivity index (χ4n) is 2.73. The van der Waals surface area contributed by atoms with Crippen LogP contribution in [0.3, 0.4) is 0 Å². The number of carbonyl (C=O) groups is 1. The van der Waals surface area contributed by atoms with Crippen LogP contribution in [0.1, 0.15) is 33.6 Å². The SMILES string of the molecule is CCN(CC(C)C)C(=O)C1(COC)CCNCC1.Cl. The molecule has 1 N–H and O–H groups in total. The molecule has 1 fully saturated rings. The number of halogens is 1. The summed E-state index contributed by atoms with van der Waals surface area (Å²) in [5.41, 5.74) is -0.301. The molecule has 0 aromatic rings. The van der Waals surface area contributed by atoms with E-state index in [-0.39, 0.29) is 23.7 Å². The summed E-state index contributed by atoms with van der Waals surface area (Å²) in [5.74, 6) is 0.789. The molecule has 1 aliphatic rings. The van der Waals surface area contributed by atoms with Gasteiger partial charge in [0.2, 0.25) is 5.91 Å². The molecule has 0 aromatic carbocycles. The van der Waals surface area contributed by atoms with Gasteiger partial charge < -0.3 is 15.0 Å². The Balaban J connectivity index is 0.00000324. The summed E-state index contributed by atoms with van der Waals surface area (Å²) >= 11 is 0. The Morgan fingerprint density at radius 2 is 1.95 bits per heavy atom. The largest absolute Gasteiger partial charge is 0.384 e. The van der Waals surface area contributed by atoms with Gasteiger partial charge in [-0.2, -0.15) is 0 Å². The van der Waals surface area contributed by atoms with Crippen molar-refractivity contribution in [3.05, 3.63) is 0 Å². The molecule has 0 bridgehead atoms. The minimum Gasteiger partial charge on any atom is -0.384 e. The first-order chi connectivity index (χ1) is 8.55. The monoisotopic (exact) mass is 292 g/mol. The second-order valence-electron chi connectivity index (χ2n) is 5.70. The van der Waals surface area contributed by atoms with E-state index in [1.807, 2.05) is 4.90 Å². The molecular formula is C14H29ClN2O2. The first kappa shape index (κ1) is 18.7. The van der Waals surface area contributed by atoms with Gasteiger partial charge >= 0.3 is 0 Å². The van der Waals surface area contributed by atoms with E-state index in [4.69, 9.17) is 4.74 Å². The minimum absolute atomic E-state index is 0. The van der Waals surface area contributed by atoms with Crippen molar-refractivity contribution in [2.75, 3.05) is 39.9 Å². The summed E-state index contributed by atoms with van der Waals surface area (Å²) < 4.78 is 5.33. The van der Waals surface area contributed by atoms with Crippen LogP contribution in [-0.4, -0.2) is 50.7 Å². The normalized spacial score (nSPS) is 17.9. The van der Waals surface area contributed by atoms with E-state index in [1.165, 1.54) is 0 Å². The van der Waals surface area contributed by atoms with Gasteiger partial charge in [-0.15, -0.1) is 12.4 Å². The lowest BCUT2D eigenvalue weighted by Crippen LogP contribution is -2.52. The minimum atomic E-state index is -0.301. The highest BCUT2D eigenvalue weighted by molar-refractivity contribution is 5.85. The first-order valence-electron chi connectivity index (χ1n) is 7.04. The summed E-state index contributed by atoms with van der Waals surface area (Å²) in [4.78, 5) is 14.8. The van der Waals surface area contributed by atoms with Crippen LogP contribution in [0.25, 0.3) is 0 Å². The molecule has 1 aliphatic heterocycles. The number of hydrogen-bond acceptors (Lipinski definition) is 3. The van der Waals surface area contributed by atoms with E-state index in [1.54, 1.807) is 7.11 Å². The number of ether oxygens (including phenoxy) is 1. The molecule has 0 spiro atoms. The van der Waals surface area contributed by atoms with Crippen molar-refractivity contribution < 1.29 is 9.53 Å². The molecule has 0 aromatic heterocycles. The summed E-state index contributed by atoms with van der Waals surface area (Å²) in [6.45, 7) is 10.4. The van der Waals surface area contributed by atoms with Crippen molar-refractivity contribution in [1.29, 1.82) is 0 Å². The quantitative estimate of drug-likeness (QED) is 0.813. The van der Waals surface area contributed by atoms with Crippen molar-refractivity contribution in [2.24, 2.45) is 11.3 Å². The third-order valence-corrected chi connectivity index (χ3v) is 3.69. The van der Waals surface area contributed by atoms with Crippen molar-refractivity contribution >= 4 is 18.3 Å². The maximum atomic E-state index is 12.8. The Hall–Kier alpha value is -0.320. The molecule has 19 heavy (non-hydrogen) atoms. The fourth-order valence-corrected chi connectivity index (χ4v) is 2.73. The fraction of sp³-hybridized carbons (Fsp3) is 0.929. The second kappa shape index (κ2) is 8.77. The van der Waals surface area contributed by atoms with Crippen LogP contribution in [0.4, 0.5) is 0 Å². The van der Waals surface area contributed by atoms with Crippen LogP contribution in [0.5, 0.6) is 0 Å². The first-order valence-corrected chi connectivity index (χ1v) is 7.04. The highest BCUT2D eigenvalue weighted by atomic mass is 35.5. The van der Waals surface area contributed by atoms with Gasteiger partial charge in [-0.3, -0.25) is 4.79 Å². The van der Waals surface area contributed by atoms with Gasteiger partial charge in [0, 0.05) is 20.2 Å². The van der Waals surface area contributed by atoms with E-state index < -0.39 is 0 Å². The average molecular weight is 293 g/mol. The zero-order chi connectivity index (χ0) is 13.6. The number of hydrogen-bond donors (Lipinski definition) is 1. The molecule has 114 valence electrons. The number of nitrogens with one attached hydrogen (secondary N) is 1. The number of piperidine rings is 1. The number of carbonyl (C=O) groups excluding carboxylic acids is 1. The predicted molar refractivity (Wildman–Crippen MR) is 80.8 cm³/mol. The van der Waals surface area contributed by atoms with Crippen LogP contribution in [0, 0.1) is 11.3 Å². The van der Waals surface area contributed by atoms with Gasteiger partial charge in [0.1, 0.15) is 0 Å². The Labute approximate surface area is 123 Å². The van der Waals surface area contributed by atoms with Crippen LogP contribution in [0.2, 0.25) is 0 Å². The van der Waals surface area contributed by atoms with Crippen molar-refractivity contribution in [3.63, 3.8) is 0 Å². The van der Waals surface area contributed by atoms with E-state index in [0.29, 0.717) is 12.5 Å². The molecule has 1 amide bonds. The molecule has 5 heteroatoms. The molecule has 0 saturated carbocycles. The number of nitrogens with zero attached hydrogens (tertiary/aromatic N) is 1. The third-order valence-electron chi connectivity index (χ3n) is 3.69. The lowest BCUT2D eigenvalue weighted by molar-refractivity contribution is -0.148. The van der Waals surface area contributed by atoms with Crippen LogP contribution in [0.15, 0.2) is 0 Å². The Morgan fingerprint density at radius 1 is 1.37 bits per heavy atom. The molecule has 0 unspecified atom stereocenters. The van der Waals surface area contributed by atoms with Crippen molar-refractivity contribution in [3.8, 4) is 0 Å². The van der Waals surface area contributed by atoms with E-state index in [2.05, 4.69) is 26.1 Å². The molecule has 4 nitrogen and oxygen atoms in total. The molecule has 0 radical (unpaired) electrons. The van der Waals surface area contributed by atoms with Gasteiger partial charge in [0.15, 0.2) is 0 Å². The molecule has 1 saturated heterocycles. The third kappa shape index (κ3) is 4.93. The van der Waals surface area contributed by atoms with Crippen molar-refractivity contribution in [1.82, 2.24) is 10.2 Å². The van der Waals surface area contributed by atoms with Crippen molar-refractivity contribution in [2.45, 2.75) is 33.6 Å². The molecular weight excluding hydrogens is 264 g/mol. The van der Waals surface area contributed by atoms with Gasteiger partial charge in [-0.1, -0.05) is 13.8 Å². The molecule has 1 rings (SSSR count). The van der Waals surface area contributed by atoms with E-state index in [0.717, 1.165) is 39.0 Å². The van der Waals surface area contributed by atoms with Crippen LogP contribution in [-0.2, 0) is 9.53 Å². The lowest BCUT2D eigenvalue weighted by atomic mass is 9.78. The smallest absolute Gasteiger partial charge is 0.231 e. The number of rotatable bonds is 6. The predicted octanol–water partition coefficient (Wildman–Crippen LogP) is 1.93. The lowest BCUT2D eigenvalue weighted by Gasteiger charge is -2.39. The van der Waals surface area contributed by atoms with E-state index >= 15 is 0 Å². The van der Waals surface area contributed by atoms with Gasteiger partial charge in [0.05, 0.1) is 12.0 Å². The van der Waals surface area contributed by atoms with Gasteiger partial charge in [-0.05, 0) is 38.8 Å². The second-order valence-corrected chi connectivity index (χ2v) is 5.70. The maximum Gasteiger partial charge on any atom is 0.231 e. The molecule has 0 atom stereocenters. The van der Waals surface area contributed by atoms with Crippen LogP contribution < -0.4 is 5.32 Å². The summed E-state index contributed by atoms with van der Waals surface area (Å²) in [5, 5.41) is 3.32. The molecule has 0 aliphatic carbocycles. The Kier molecular flexibility index (Phi) is 8.62. The maximum absolute atomic E-state index is 12.8. The summed E-state index contributed by atoms with van der Waals surface area (Å²) in [7, 11) is 1.69. The Bertz CT molecular complexity index is 261. The standard InChI is InChI=1S/C14H28N2O2.ClH/c1-5-16(10-12(2)3)13(17)14(11-18-4)6-8-15-9-7-14;/h12,15H,5-11H2,1-4H3;1H. The van der Waals surface area contributed by atoms with Gasteiger partial charge in [-0.25, -0.2) is 0 Å². The topological polar surface area (TPSA) is 41.6 Å². The summed E-state index contributed by atoms with van der Waals surface area (Å²) in [6.07, 6.45) is 1.77. The van der Waals surface area contributed by atoms with Gasteiger partial charge in [0.25, 0.3) is 0 Å². The summed E-state index contributed by atoms with van der Waals surface area (Å²) in [6, 6.07) is 0. The number of methoxy groups -OCH3 is 1. The van der Waals surface area contributed by atoms with Crippen LogP contribution >= 0.6 is 12.4 Å². The zero-order valence-corrected chi connectivity index (χ0v) is 13.5. The molecule has 1 heterocycles. The number of amides is 1. The Morgan fingerprint density at radius 3 is 2.37 bits per heavy atom. The zero-order valence-electron chi connectivity index (χ0n) is 12.7. The highest BCUT2D eigenvalue weighted by Crippen LogP contribution is 2.31. The highest BCUT2D eigenvalue weighted by Gasteiger charge is 2.41. The van der Waals surface area contributed by atoms with E-state index in [9.17, 15) is 4.79 Å². The average Bonchev–Trinajstić information content (AvgIpc) is 2.36.